The Morgan fingerprint density at radius 2 is 0.741 bits per heavy atom. The largest absolute Gasteiger partial charge is 0.481 e. The quantitative estimate of drug-likeness (QED) is 0.0447. The van der Waals surface area contributed by atoms with Crippen molar-refractivity contribution in [3.8, 4) is 51.0 Å². The number of fused-ring (bicyclic) bond motifs is 3. The van der Waals surface area contributed by atoms with E-state index in [1.54, 1.807) is 82.6 Å². The zero-order valence-corrected chi connectivity index (χ0v) is 83.7. The number of carbonyl (C=O) groups excluding carboxylic acids is 2. The highest BCUT2D eigenvalue weighted by atomic mass is 35.5. The van der Waals surface area contributed by atoms with Crippen LogP contribution in [-0.4, -0.2) is 169 Å². The van der Waals surface area contributed by atoms with Gasteiger partial charge in [0, 0.05) is 95.7 Å². The fourth-order valence-corrected chi connectivity index (χ4v) is 22.4. The number of rotatable bonds is 25. The van der Waals surface area contributed by atoms with Crippen molar-refractivity contribution in [2.24, 2.45) is 11.7 Å². The molecule has 6 aromatic carbocycles. The molecule has 0 spiro atoms. The van der Waals surface area contributed by atoms with Gasteiger partial charge in [0.25, 0.3) is 0 Å². The van der Waals surface area contributed by atoms with E-state index >= 15 is 0 Å². The average Bonchev–Trinajstić information content (AvgIpc) is 0.780. The number of amides is 2. The molecule has 2 amide bonds. The molecule has 0 aliphatic heterocycles. The first kappa shape index (κ1) is 103. The van der Waals surface area contributed by atoms with Gasteiger partial charge in [-0.05, 0) is 286 Å². The molecule has 4 N–H and O–H groups in total. The minimum absolute atomic E-state index is 0.0564. The molecule has 718 valence electrons. The highest BCUT2D eigenvalue weighted by Crippen LogP contribution is 2.40. The zero-order valence-electron chi connectivity index (χ0n) is 79.0. The number of hydrogen-bond acceptors (Lipinski definition) is 25. The van der Waals surface area contributed by atoms with Gasteiger partial charge >= 0.3 is 18.3 Å². The first-order chi connectivity index (χ1) is 64.2. The van der Waals surface area contributed by atoms with Crippen LogP contribution in [0.4, 0.5) is 25.9 Å². The number of halogens is 4. The lowest BCUT2D eigenvalue weighted by Gasteiger charge is -2.35. The standard InChI is InChI=1S/C35H42ClN5O5S.C31H35ClN4O3S.C23H19ClFN3O3S.C12H24N2O2/c1-7-22-18-23(28-17-14-26(38-32(28)45-6)21-47(43,44)30-11-9-8-10-29(30)36)19-24-20-37-33(40-31(22)24)39-25-12-15-27(16-13-25)41(5)34(42)46-35(2,3)4;1-4-20-10-12-24(13-11-20)35-31-33-18-23-17-22(16-21(5-2)29(23)36-31)26-15-14-25(34-30(26)39-3)19-40(37,38)28-9-7-6-8-27(28)32;1-3-14-10-15(11-16-12-26-23(25)28-21(14)16)18-9-8-17(27-22(18)31-2)13-32(29,30)20-7-5-4-6-19(20)24;1-12(2,3)16-11(15)14(4)10-7-5-9(13)6-8-10/h8-11,14,17-20,25,27H,7,12-13,15-16,21H2,1-6H3,(H,37,39,40);6-9,14-18,20,24H,4-5,10-13,19H2,1-3H3,(H,33,35,36);4-12H,3,13H2,1-2H3;9-10H,5-8,13H2,1-4H3. The van der Waals surface area contributed by atoms with Crippen LogP contribution >= 0.6 is 34.8 Å². The summed E-state index contributed by atoms with van der Waals surface area (Å²) < 4.78 is 119. The van der Waals surface area contributed by atoms with Crippen molar-refractivity contribution in [1.29, 1.82) is 0 Å². The van der Waals surface area contributed by atoms with Gasteiger partial charge < -0.3 is 49.9 Å². The third-order valence-electron chi connectivity index (χ3n) is 24.2. The third-order valence-corrected chi connectivity index (χ3v) is 30.6. The molecule has 27 nitrogen and oxygen atoms in total. The second-order valence-electron chi connectivity index (χ2n) is 36.1. The number of anilines is 2. The number of ether oxygens (including phenoxy) is 5. The van der Waals surface area contributed by atoms with Gasteiger partial charge in [-0.15, -0.1) is 0 Å². The van der Waals surface area contributed by atoms with E-state index in [-0.39, 0.29) is 83.2 Å². The van der Waals surface area contributed by atoms with E-state index in [9.17, 15) is 39.2 Å². The maximum atomic E-state index is 13.5. The predicted octanol–water partition coefficient (Wildman–Crippen LogP) is 21.9. The molecule has 34 heteroatoms. The molecule has 135 heavy (non-hydrogen) atoms. The number of pyridine rings is 3. The molecule has 0 unspecified atom stereocenters. The van der Waals surface area contributed by atoms with E-state index in [0.29, 0.717) is 75.7 Å². The lowest BCUT2D eigenvalue weighted by atomic mass is 9.85. The lowest BCUT2D eigenvalue weighted by molar-refractivity contribution is 0.0174. The summed E-state index contributed by atoms with van der Waals surface area (Å²) in [4.78, 5) is 68.1. The van der Waals surface area contributed by atoms with E-state index in [1.807, 2.05) is 111 Å². The van der Waals surface area contributed by atoms with Crippen LogP contribution in [0, 0.1) is 12.0 Å². The summed E-state index contributed by atoms with van der Waals surface area (Å²) in [7, 11) is -2.93. The van der Waals surface area contributed by atoms with Crippen LogP contribution in [0.15, 0.2) is 179 Å². The van der Waals surface area contributed by atoms with E-state index in [1.165, 1.54) is 71.1 Å². The minimum Gasteiger partial charge on any atom is -0.481 e. The van der Waals surface area contributed by atoms with Gasteiger partial charge in [0.05, 0.1) is 102 Å². The van der Waals surface area contributed by atoms with Gasteiger partial charge in [0.15, 0.2) is 29.5 Å². The van der Waals surface area contributed by atoms with Crippen LogP contribution in [0.3, 0.4) is 0 Å². The van der Waals surface area contributed by atoms with E-state index in [4.69, 9.17) is 74.2 Å². The van der Waals surface area contributed by atoms with Crippen LogP contribution in [-0.2, 0) is 75.5 Å². The Hall–Kier alpha value is -11.1. The fraction of sp³-hybridized carbons (Fsp3) is 0.416. The highest BCUT2D eigenvalue weighted by Gasteiger charge is 2.33. The number of aromatic nitrogens is 9. The summed E-state index contributed by atoms with van der Waals surface area (Å²) >= 11 is 18.4. The van der Waals surface area contributed by atoms with Crippen LogP contribution < -0.4 is 30.6 Å². The lowest BCUT2D eigenvalue weighted by Crippen LogP contribution is -2.44. The molecular formula is C101H120Cl3FN14O13S3. The maximum Gasteiger partial charge on any atom is 0.410 e. The number of carbonyl (C=O) groups is 2. The molecule has 0 atom stereocenters. The molecule has 3 fully saturated rings. The average molecular weight is 1960 g/mol. The van der Waals surface area contributed by atoms with Crippen molar-refractivity contribution < 1.29 is 62.9 Å². The highest BCUT2D eigenvalue weighted by molar-refractivity contribution is 7.91. The number of sulfone groups is 3. The Balaban J connectivity index is 0.000000170. The molecule has 3 saturated carbocycles. The number of methoxy groups -OCH3 is 3. The van der Waals surface area contributed by atoms with Gasteiger partial charge in [0.1, 0.15) is 11.2 Å². The molecule has 15 rings (SSSR count). The number of nitrogens with two attached hydrogens (primary N) is 1. The van der Waals surface area contributed by atoms with Gasteiger partial charge in [-0.1, -0.05) is 105 Å². The monoisotopic (exact) mass is 1960 g/mol. The SMILES string of the molecule is CCc1cc(-c2ccc(CS(=O)(=O)c3ccccc3Cl)nc2OC)cc2cnc(F)nc12.CCc1cc(-c2ccc(CS(=O)(=O)c3ccccc3Cl)nc2OC)cc2cnc(NC3CCC(CC)CC3)nc12.CCc1cc(-c2ccc(CS(=O)(=O)c3ccccc3Cl)nc2OC)cc2cnc(NC3CCC(N(C)C(=O)OC(C)(C)C)CC3)nc12.CN(C(=O)OC(C)(C)C)C1CCC(N)CC1. The van der Waals surface area contributed by atoms with Gasteiger partial charge in [-0.25, -0.2) is 79.7 Å². The first-order valence-electron chi connectivity index (χ1n) is 45.5. The van der Waals surface area contributed by atoms with Crippen molar-refractivity contribution in [3.05, 3.63) is 219 Å². The molecule has 0 saturated heterocycles. The normalized spacial score (nSPS) is 17.0. The van der Waals surface area contributed by atoms with Crippen molar-refractivity contribution in [2.75, 3.05) is 46.1 Å². The molecular weight excluding hydrogens is 1840 g/mol. The number of nitrogens with one attached hydrogen (secondary N) is 2. The van der Waals surface area contributed by atoms with Crippen LogP contribution in [0.2, 0.25) is 15.1 Å². The summed E-state index contributed by atoms with van der Waals surface area (Å²) in [6.07, 6.45) is 19.6. The zero-order chi connectivity index (χ0) is 97.4. The van der Waals surface area contributed by atoms with Crippen molar-refractivity contribution in [3.63, 3.8) is 0 Å². The molecule has 3 aliphatic carbocycles. The smallest absolute Gasteiger partial charge is 0.410 e. The van der Waals surface area contributed by atoms with Gasteiger partial charge in [-0.3, -0.25) is 0 Å². The number of hydrogen-bond donors (Lipinski definition) is 3. The summed E-state index contributed by atoms with van der Waals surface area (Å²) in [5, 5.41) is 10.1. The molecule has 3 aliphatic rings. The Morgan fingerprint density at radius 3 is 1.05 bits per heavy atom. The summed E-state index contributed by atoms with van der Waals surface area (Å²) in [5.41, 5.74) is 16.0. The number of benzene rings is 6. The van der Waals surface area contributed by atoms with Crippen LogP contribution in [0.25, 0.3) is 66.1 Å². The Labute approximate surface area is 806 Å². The first-order valence-corrected chi connectivity index (χ1v) is 51.6. The van der Waals surface area contributed by atoms with E-state index < -0.39 is 46.8 Å². The Bertz CT molecular complexity index is 6590. The minimum atomic E-state index is -3.71. The van der Waals surface area contributed by atoms with Crippen LogP contribution in [0.5, 0.6) is 17.6 Å². The number of aryl methyl sites for hydroxylation is 3. The predicted molar refractivity (Wildman–Crippen MR) is 531 cm³/mol. The molecule has 6 aromatic heterocycles. The summed E-state index contributed by atoms with van der Waals surface area (Å²) in [6.45, 7) is 19.7. The van der Waals surface area contributed by atoms with Crippen molar-refractivity contribution >= 4 is 121 Å². The number of nitrogens with zero attached hydrogens (tertiary/aromatic N) is 11. The van der Waals surface area contributed by atoms with E-state index in [0.717, 1.165) is 149 Å². The molecule has 0 bridgehead atoms. The van der Waals surface area contributed by atoms with Gasteiger partial charge in [-0.2, -0.15) is 4.39 Å². The van der Waals surface area contributed by atoms with Gasteiger partial charge in [0.2, 0.25) is 29.5 Å². The summed E-state index contributed by atoms with van der Waals surface area (Å²) in [6, 6.07) is 42.9. The maximum absolute atomic E-state index is 13.5. The topological polar surface area (TPSA) is 355 Å². The van der Waals surface area contributed by atoms with Crippen molar-refractivity contribution in [2.45, 2.75) is 245 Å². The Kier molecular flexibility index (Phi) is 34.5. The van der Waals surface area contributed by atoms with Crippen molar-refractivity contribution in [1.82, 2.24) is 54.7 Å². The second-order valence-corrected chi connectivity index (χ2v) is 43.2. The molecule has 0 radical (unpaired) electrons. The van der Waals surface area contributed by atoms with Crippen LogP contribution in [0.1, 0.15) is 186 Å². The molecule has 6 heterocycles. The molecule has 12 aromatic rings. The Morgan fingerprint density at radius 1 is 0.430 bits per heavy atom. The second kappa shape index (κ2) is 45.3. The fourth-order valence-electron chi connectivity index (χ4n) is 16.9. The summed E-state index contributed by atoms with van der Waals surface area (Å²) in [5.74, 6) is 2.14. The van der Waals surface area contributed by atoms with E-state index in [2.05, 4.69) is 78.4 Å². The third kappa shape index (κ3) is 26.8.